The first kappa shape index (κ1) is 20.5. The van der Waals surface area contributed by atoms with Gasteiger partial charge in [-0.15, -0.1) is 0 Å². The van der Waals surface area contributed by atoms with Crippen LogP contribution in [0.3, 0.4) is 0 Å². The molecule has 9 heteroatoms. The number of hydrogen-bond acceptors (Lipinski definition) is 3. The molecule has 2 N–H and O–H groups in total. The Morgan fingerprint density at radius 2 is 2.04 bits per heavy atom. The predicted octanol–water partition coefficient (Wildman–Crippen LogP) is 3.35. The van der Waals surface area contributed by atoms with Gasteiger partial charge in [0.25, 0.3) is 17.7 Å². The van der Waals surface area contributed by atoms with Crippen molar-refractivity contribution in [2.75, 3.05) is 19.6 Å². The van der Waals surface area contributed by atoms with Gasteiger partial charge in [-0.2, -0.15) is 0 Å². The van der Waals surface area contributed by atoms with E-state index in [1.165, 1.54) is 0 Å². The van der Waals surface area contributed by atoms with Crippen LogP contribution < -0.4 is 5.32 Å². The van der Waals surface area contributed by atoms with Gasteiger partial charge in [0.1, 0.15) is 0 Å². The van der Waals surface area contributed by atoms with Crippen molar-refractivity contribution < 1.29 is 23.5 Å². The molecule has 0 bridgehead atoms. The standard InChI is InChI=1S/C17H18Cl2F2N2O3/c1-17(20,21)9-23-8-11(14(24)16(23)26)15(25)22-6-2-3-10-4-5-12(18)13(19)7-10/h4-5,7,24H,2-3,6,8-9H2,1H3,(H,22,25). The lowest BCUT2D eigenvalue weighted by molar-refractivity contribution is -0.132. The monoisotopic (exact) mass is 406 g/mol. The summed E-state index contributed by atoms with van der Waals surface area (Å²) < 4.78 is 26.1. The highest BCUT2D eigenvalue weighted by molar-refractivity contribution is 6.42. The van der Waals surface area contributed by atoms with E-state index in [1.54, 1.807) is 12.1 Å². The molecule has 0 aliphatic carbocycles. The Hall–Kier alpha value is -1.86. The maximum Gasteiger partial charge on any atom is 0.289 e. The first-order valence-corrected chi connectivity index (χ1v) is 8.65. The minimum absolute atomic E-state index is 0.200. The average Bonchev–Trinajstić information content (AvgIpc) is 2.81. The lowest BCUT2D eigenvalue weighted by atomic mass is 10.1. The van der Waals surface area contributed by atoms with Gasteiger partial charge in [0.15, 0.2) is 5.76 Å². The molecule has 1 aliphatic heterocycles. The van der Waals surface area contributed by atoms with Gasteiger partial charge in [0, 0.05) is 13.5 Å². The number of nitrogens with one attached hydrogen (secondary N) is 1. The Labute approximate surface area is 159 Å². The second-order valence-electron chi connectivity index (χ2n) is 6.17. The summed E-state index contributed by atoms with van der Waals surface area (Å²) in [5, 5.41) is 13.2. The largest absolute Gasteiger partial charge is 0.503 e. The molecule has 0 saturated heterocycles. The highest BCUT2D eigenvalue weighted by Gasteiger charge is 2.38. The summed E-state index contributed by atoms with van der Waals surface area (Å²) in [4.78, 5) is 24.6. The molecule has 1 aliphatic rings. The molecule has 0 atom stereocenters. The van der Waals surface area contributed by atoms with Crippen molar-refractivity contribution in [2.45, 2.75) is 25.7 Å². The van der Waals surface area contributed by atoms with Crippen molar-refractivity contribution >= 4 is 35.0 Å². The summed E-state index contributed by atoms with van der Waals surface area (Å²) >= 11 is 11.8. The van der Waals surface area contributed by atoms with Crippen LogP contribution >= 0.6 is 23.2 Å². The van der Waals surface area contributed by atoms with E-state index in [0.29, 0.717) is 29.8 Å². The molecule has 0 fully saturated rings. The number of halogens is 4. The quantitative estimate of drug-likeness (QED) is 0.682. The number of aryl methyl sites for hydroxylation is 1. The first-order chi connectivity index (χ1) is 12.1. The third-order valence-electron chi connectivity index (χ3n) is 3.78. The third-order valence-corrected chi connectivity index (χ3v) is 4.52. The number of aliphatic hydroxyl groups is 1. The minimum atomic E-state index is -3.11. The van der Waals surface area contributed by atoms with Gasteiger partial charge in [0.2, 0.25) is 0 Å². The Balaban J connectivity index is 1.84. The zero-order chi connectivity index (χ0) is 19.5. The fraction of sp³-hybridized carbons (Fsp3) is 0.412. The first-order valence-electron chi connectivity index (χ1n) is 7.90. The highest BCUT2D eigenvalue weighted by Crippen LogP contribution is 2.24. The molecule has 0 unspecified atom stereocenters. The van der Waals surface area contributed by atoms with E-state index < -0.39 is 30.0 Å². The second-order valence-corrected chi connectivity index (χ2v) is 6.98. The Morgan fingerprint density at radius 3 is 2.65 bits per heavy atom. The van der Waals surface area contributed by atoms with Gasteiger partial charge in [-0.1, -0.05) is 29.3 Å². The van der Waals surface area contributed by atoms with E-state index in [9.17, 15) is 23.5 Å². The second kappa shape index (κ2) is 8.22. The maximum absolute atomic E-state index is 13.1. The molecule has 0 aromatic heterocycles. The summed E-state index contributed by atoms with van der Waals surface area (Å²) in [6.45, 7) is -0.247. The summed E-state index contributed by atoms with van der Waals surface area (Å²) in [7, 11) is 0. The maximum atomic E-state index is 13.1. The van der Waals surface area contributed by atoms with Gasteiger partial charge in [-0.25, -0.2) is 8.78 Å². The van der Waals surface area contributed by atoms with E-state index in [2.05, 4.69) is 5.32 Å². The molecule has 142 valence electrons. The molecule has 1 heterocycles. The highest BCUT2D eigenvalue weighted by atomic mass is 35.5. The molecule has 5 nitrogen and oxygen atoms in total. The number of benzene rings is 1. The molecule has 2 rings (SSSR count). The topological polar surface area (TPSA) is 69.6 Å². The Kier molecular flexibility index (Phi) is 6.47. The predicted molar refractivity (Wildman–Crippen MR) is 94.6 cm³/mol. The van der Waals surface area contributed by atoms with Crippen LogP contribution in [-0.2, 0) is 16.0 Å². The molecule has 0 radical (unpaired) electrons. The summed E-state index contributed by atoms with van der Waals surface area (Å²) in [5.74, 6) is -5.50. The molecule has 1 aromatic rings. The number of hydrogen-bond donors (Lipinski definition) is 2. The van der Waals surface area contributed by atoms with Crippen molar-refractivity contribution in [1.82, 2.24) is 10.2 Å². The van der Waals surface area contributed by atoms with Crippen molar-refractivity contribution in [3.8, 4) is 0 Å². The number of rotatable bonds is 7. The molecule has 1 aromatic carbocycles. The lowest BCUT2D eigenvalue weighted by Gasteiger charge is -2.20. The van der Waals surface area contributed by atoms with Crippen LogP contribution in [0.25, 0.3) is 0 Å². The minimum Gasteiger partial charge on any atom is -0.503 e. The van der Waals surface area contributed by atoms with E-state index in [-0.39, 0.29) is 18.7 Å². The molecule has 0 spiro atoms. The van der Waals surface area contributed by atoms with E-state index in [1.807, 2.05) is 6.07 Å². The van der Waals surface area contributed by atoms with Crippen LogP contribution in [-0.4, -0.2) is 47.4 Å². The summed E-state index contributed by atoms with van der Waals surface area (Å²) in [6, 6.07) is 5.24. The summed E-state index contributed by atoms with van der Waals surface area (Å²) in [5.41, 5.74) is 0.747. The van der Waals surface area contributed by atoms with Crippen molar-refractivity contribution in [3.05, 3.63) is 45.1 Å². The van der Waals surface area contributed by atoms with Crippen LogP contribution in [0.4, 0.5) is 8.78 Å². The molecule has 2 amide bonds. The summed E-state index contributed by atoms with van der Waals surface area (Å²) in [6.07, 6.45) is 1.22. The number of aliphatic hydroxyl groups excluding tert-OH is 1. The number of carbonyl (C=O) groups excluding carboxylic acids is 2. The van der Waals surface area contributed by atoms with E-state index in [0.717, 1.165) is 10.5 Å². The van der Waals surface area contributed by atoms with Crippen LogP contribution in [0.1, 0.15) is 18.9 Å². The zero-order valence-electron chi connectivity index (χ0n) is 14.0. The Bertz CT molecular complexity index is 748. The molecular weight excluding hydrogens is 389 g/mol. The van der Waals surface area contributed by atoms with Crippen molar-refractivity contribution in [3.63, 3.8) is 0 Å². The normalized spacial score (nSPS) is 15.0. The zero-order valence-corrected chi connectivity index (χ0v) is 15.5. The number of nitrogens with zero attached hydrogens (tertiary/aromatic N) is 1. The average molecular weight is 407 g/mol. The molecule has 0 saturated carbocycles. The van der Waals surface area contributed by atoms with Crippen LogP contribution in [0, 0.1) is 0 Å². The van der Waals surface area contributed by atoms with Gasteiger partial charge < -0.3 is 15.3 Å². The van der Waals surface area contributed by atoms with Crippen molar-refractivity contribution in [2.24, 2.45) is 0 Å². The fourth-order valence-electron chi connectivity index (χ4n) is 2.55. The number of carbonyl (C=O) groups is 2. The van der Waals surface area contributed by atoms with E-state index in [4.69, 9.17) is 23.2 Å². The van der Waals surface area contributed by atoms with Crippen LogP contribution in [0.2, 0.25) is 10.0 Å². The molecular formula is C17H18Cl2F2N2O3. The van der Waals surface area contributed by atoms with Crippen LogP contribution in [0.5, 0.6) is 0 Å². The number of amides is 2. The Morgan fingerprint density at radius 1 is 1.35 bits per heavy atom. The smallest absolute Gasteiger partial charge is 0.289 e. The van der Waals surface area contributed by atoms with Gasteiger partial charge in [-0.3, -0.25) is 9.59 Å². The SMILES string of the molecule is CC(F)(F)CN1CC(C(=O)NCCCc2ccc(Cl)c(Cl)c2)=C(O)C1=O. The van der Waals surface area contributed by atoms with Crippen LogP contribution in [0.15, 0.2) is 29.5 Å². The van der Waals surface area contributed by atoms with Gasteiger partial charge >= 0.3 is 0 Å². The van der Waals surface area contributed by atoms with Gasteiger partial charge in [0.05, 0.1) is 28.7 Å². The fourth-order valence-corrected chi connectivity index (χ4v) is 2.88. The van der Waals surface area contributed by atoms with Gasteiger partial charge in [-0.05, 0) is 30.5 Å². The molecule has 26 heavy (non-hydrogen) atoms. The van der Waals surface area contributed by atoms with Crippen molar-refractivity contribution in [1.29, 1.82) is 0 Å². The third kappa shape index (κ3) is 5.32. The lowest BCUT2D eigenvalue weighted by Crippen LogP contribution is -2.38. The number of alkyl halides is 2. The van der Waals surface area contributed by atoms with E-state index >= 15 is 0 Å².